The number of benzene rings is 1. The second-order valence-electron chi connectivity index (χ2n) is 9.29. The molecule has 1 aliphatic rings. The molecular formula is C25H25ClN4O3S2. The molecule has 4 N–H and O–H groups in total. The normalized spacial score (nSPS) is 15.4. The summed E-state index contributed by atoms with van der Waals surface area (Å²) in [6.07, 6.45) is 4.42. The first-order chi connectivity index (χ1) is 16.5. The monoisotopic (exact) mass is 528 g/mol. The lowest BCUT2D eigenvalue weighted by Gasteiger charge is -2.19. The number of fused-ring (bicyclic) bond motifs is 1. The van der Waals surface area contributed by atoms with Gasteiger partial charge in [0, 0.05) is 27.5 Å². The number of hydrogen-bond donors (Lipinski definition) is 3. The van der Waals surface area contributed by atoms with E-state index in [1.54, 1.807) is 32.2 Å². The van der Waals surface area contributed by atoms with Crippen molar-refractivity contribution in [2.45, 2.75) is 43.6 Å². The number of thiophene rings is 1. The molecule has 1 saturated carbocycles. The van der Waals surface area contributed by atoms with Crippen LogP contribution in [-0.2, 0) is 15.6 Å². The van der Waals surface area contributed by atoms with Gasteiger partial charge in [-0.25, -0.2) is 18.1 Å². The number of halogens is 1. The Bertz CT molecular complexity index is 1530. The number of aliphatic hydroxyl groups is 1. The summed E-state index contributed by atoms with van der Waals surface area (Å²) in [6, 6.07) is 12.4. The molecule has 1 fully saturated rings. The third-order valence-electron chi connectivity index (χ3n) is 6.05. The van der Waals surface area contributed by atoms with Gasteiger partial charge in [-0.1, -0.05) is 29.8 Å². The summed E-state index contributed by atoms with van der Waals surface area (Å²) >= 11 is 7.94. The van der Waals surface area contributed by atoms with Crippen molar-refractivity contribution in [1.29, 1.82) is 0 Å². The highest BCUT2D eigenvalue weighted by Gasteiger charge is 2.38. The standard InChI is InChI=1S/C25H25ClN4O3S2/c1-25(2,31)15-8-9-28-20(11-15)17-5-3-4-14-10-21(34-24(14)17)23(30-35(32,33)16-6-7-16)18-12-22(27)29-13-19(18)26/h3-5,8-13,16,23,30-31H,6-7H2,1-2H3,(H2,27,29)/t23-/m1/s1. The van der Waals surface area contributed by atoms with Crippen LogP contribution in [0.25, 0.3) is 21.3 Å². The van der Waals surface area contributed by atoms with E-state index in [1.165, 1.54) is 17.5 Å². The van der Waals surface area contributed by atoms with Gasteiger partial charge >= 0.3 is 0 Å². The summed E-state index contributed by atoms with van der Waals surface area (Å²) in [4.78, 5) is 9.35. The van der Waals surface area contributed by atoms with Gasteiger partial charge in [0.05, 0.1) is 27.6 Å². The van der Waals surface area contributed by atoms with Gasteiger partial charge in [-0.15, -0.1) is 11.3 Å². The topological polar surface area (TPSA) is 118 Å². The molecule has 0 saturated heterocycles. The predicted molar refractivity (Wildman–Crippen MR) is 141 cm³/mol. The fourth-order valence-corrected chi connectivity index (χ4v) is 7.06. The lowest BCUT2D eigenvalue weighted by molar-refractivity contribution is 0.0785. The lowest BCUT2D eigenvalue weighted by Crippen LogP contribution is -2.32. The van der Waals surface area contributed by atoms with Crippen molar-refractivity contribution >= 4 is 48.9 Å². The Balaban J connectivity index is 1.65. The highest BCUT2D eigenvalue weighted by Crippen LogP contribution is 2.41. The first kappa shape index (κ1) is 24.1. The molecule has 0 amide bonds. The molecule has 182 valence electrons. The molecule has 1 aromatic carbocycles. The van der Waals surface area contributed by atoms with Crippen molar-refractivity contribution in [2.75, 3.05) is 5.73 Å². The van der Waals surface area contributed by atoms with Crippen LogP contribution in [-0.4, -0.2) is 28.7 Å². The number of nitrogens with one attached hydrogen (secondary N) is 1. The summed E-state index contributed by atoms with van der Waals surface area (Å²) < 4.78 is 29.7. The molecule has 0 spiro atoms. The number of nitrogens with two attached hydrogens (primary N) is 1. The van der Waals surface area contributed by atoms with Crippen LogP contribution in [0, 0.1) is 0 Å². The number of nitrogens with zero attached hydrogens (tertiary/aromatic N) is 2. The van der Waals surface area contributed by atoms with Crippen LogP contribution in [0.3, 0.4) is 0 Å². The van der Waals surface area contributed by atoms with Crippen LogP contribution >= 0.6 is 22.9 Å². The molecule has 4 aromatic rings. The van der Waals surface area contributed by atoms with Gasteiger partial charge in [0.15, 0.2) is 0 Å². The van der Waals surface area contributed by atoms with E-state index in [0.29, 0.717) is 23.4 Å². The van der Waals surface area contributed by atoms with Crippen LogP contribution in [0.5, 0.6) is 0 Å². The second kappa shape index (κ2) is 8.83. The maximum Gasteiger partial charge on any atom is 0.215 e. The zero-order valence-electron chi connectivity index (χ0n) is 19.2. The van der Waals surface area contributed by atoms with Crippen molar-refractivity contribution in [3.8, 4) is 11.3 Å². The molecule has 0 bridgehead atoms. The molecule has 1 atom stereocenters. The van der Waals surface area contributed by atoms with E-state index < -0.39 is 21.7 Å². The van der Waals surface area contributed by atoms with E-state index in [2.05, 4.69) is 14.7 Å². The maximum absolute atomic E-state index is 13.0. The largest absolute Gasteiger partial charge is 0.386 e. The Labute approximate surface area is 213 Å². The predicted octanol–water partition coefficient (Wildman–Crippen LogP) is 4.99. The van der Waals surface area contributed by atoms with Gasteiger partial charge in [0.2, 0.25) is 10.0 Å². The number of pyridine rings is 2. The summed E-state index contributed by atoms with van der Waals surface area (Å²) in [5.74, 6) is 0.259. The summed E-state index contributed by atoms with van der Waals surface area (Å²) in [5, 5.41) is 11.4. The van der Waals surface area contributed by atoms with E-state index >= 15 is 0 Å². The smallest absolute Gasteiger partial charge is 0.215 e. The molecule has 10 heteroatoms. The molecule has 7 nitrogen and oxygen atoms in total. The van der Waals surface area contributed by atoms with E-state index in [1.807, 2.05) is 30.3 Å². The first-order valence-corrected chi connectivity index (χ1v) is 13.9. The molecule has 0 unspecified atom stereocenters. The Morgan fingerprint density at radius 3 is 2.69 bits per heavy atom. The number of nitrogen functional groups attached to an aromatic ring is 1. The SMILES string of the molecule is CC(C)(O)c1ccnc(-c2cccc3cc([C@H](NS(=O)(=O)C4CC4)c4cc(N)ncc4Cl)sc23)c1. The van der Waals surface area contributed by atoms with E-state index in [-0.39, 0.29) is 11.1 Å². The van der Waals surface area contributed by atoms with E-state index in [4.69, 9.17) is 17.3 Å². The Morgan fingerprint density at radius 1 is 1.20 bits per heavy atom. The molecule has 3 aromatic heterocycles. The van der Waals surface area contributed by atoms with Gasteiger partial charge < -0.3 is 10.8 Å². The zero-order valence-corrected chi connectivity index (χ0v) is 21.6. The summed E-state index contributed by atoms with van der Waals surface area (Å²) in [6.45, 7) is 3.47. The summed E-state index contributed by atoms with van der Waals surface area (Å²) in [5.41, 5.74) is 7.86. The number of rotatable bonds is 7. The molecular weight excluding hydrogens is 504 g/mol. The summed E-state index contributed by atoms with van der Waals surface area (Å²) in [7, 11) is -3.54. The van der Waals surface area contributed by atoms with Crippen LogP contribution in [0.4, 0.5) is 5.82 Å². The van der Waals surface area contributed by atoms with Gasteiger partial charge in [0.25, 0.3) is 0 Å². The zero-order chi connectivity index (χ0) is 25.0. The fourth-order valence-electron chi connectivity index (χ4n) is 3.99. The van der Waals surface area contributed by atoms with Crippen molar-refractivity contribution in [1.82, 2.24) is 14.7 Å². The van der Waals surface area contributed by atoms with Gasteiger partial charge in [-0.3, -0.25) is 4.98 Å². The number of hydrogen-bond acceptors (Lipinski definition) is 7. The Hall–Kier alpha value is -2.56. The highest BCUT2D eigenvalue weighted by atomic mass is 35.5. The van der Waals surface area contributed by atoms with Crippen molar-refractivity contribution in [3.63, 3.8) is 0 Å². The van der Waals surface area contributed by atoms with Gasteiger partial charge in [0.1, 0.15) is 5.82 Å². The number of aromatic nitrogens is 2. The minimum absolute atomic E-state index is 0.259. The molecule has 0 aliphatic heterocycles. The minimum Gasteiger partial charge on any atom is -0.386 e. The van der Waals surface area contributed by atoms with Crippen LogP contribution in [0.15, 0.2) is 54.9 Å². The first-order valence-electron chi connectivity index (χ1n) is 11.2. The third kappa shape index (κ3) is 4.92. The van der Waals surface area contributed by atoms with Crippen LogP contribution < -0.4 is 10.5 Å². The Morgan fingerprint density at radius 2 is 1.97 bits per heavy atom. The van der Waals surface area contributed by atoms with Crippen molar-refractivity contribution < 1.29 is 13.5 Å². The minimum atomic E-state index is -3.54. The van der Waals surface area contributed by atoms with E-state index in [9.17, 15) is 13.5 Å². The van der Waals surface area contributed by atoms with Crippen LogP contribution in [0.1, 0.15) is 48.7 Å². The number of anilines is 1. The van der Waals surface area contributed by atoms with Gasteiger partial charge in [-0.2, -0.15) is 0 Å². The van der Waals surface area contributed by atoms with Crippen molar-refractivity contribution in [3.05, 3.63) is 75.9 Å². The molecule has 1 aliphatic carbocycles. The average molecular weight is 529 g/mol. The van der Waals surface area contributed by atoms with E-state index in [0.717, 1.165) is 31.8 Å². The van der Waals surface area contributed by atoms with Crippen LogP contribution in [0.2, 0.25) is 5.02 Å². The Kier molecular flexibility index (Phi) is 6.09. The average Bonchev–Trinajstić information content (AvgIpc) is 3.58. The maximum atomic E-state index is 13.0. The van der Waals surface area contributed by atoms with Crippen molar-refractivity contribution in [2.24, 2.45) is 0 Å². The lowest BCUT2D eigenvalue weighted by atomic mass is 9.97. The second-order valence-corrected chi connectivity index (χ2v) is 12.8. The number of sulfonamides is 1. The molecule has 3 heterocycles. The molecule has 5 rings (SSSR count). The quantitative estimate of drug-likeness (QED) is 0.311. The highest BCUT2D eigenvalue weighted by molar-refractivity contribution is 7.90. The molecule has 0 radical (unpaired) electrons. The molecule has 35 heavy (non-hydrogen) atoms. The fraction of sp³-hybridized carbons (Fsp3) is 0.280. The van der Waals surface area contributed by atoms with Gasteiger partial charge in [-0.05, 0) is 67.5 Å². The third-order valence-corrected chi connectivity index (χ3v) is 9.53.